The molecule has 0 saturated heterocycles. The van der Waals surface area contributed by atoms with Gasteiger partial charge in [0.05, 0.1) is 34.0 Å². The molecule has 2 aromatic heterocycles. The summed E-state index contributed by atoms with van der Waals surface area (Å²) in [6.45, 7) is 0. The second-order valence-corrected chi connectivity index (χ2v) is 6.43. The van der Waals surface area contributed by atoms with Gasteiger partial charge in [0.1, 0.15) is 0 Å². The molecule has 126 valence electrons. The first-order valence-electron chi connectivity index (χ1n) is 8.81. The number of nitriles is 1. The predicted molar refractivity (Wildman–Crippen MR) is 109 cm³/mol. The number of hydrogen-bond acceptors (Lipinski definition) is 2. The lowest BCUT2D eigenvalue weighted by atomic mass is 10.1. The van der Waals surface area contributed by atoms with E-state index in [-0.39, 0.29) is 0 Å². The van der Waals surface area contributed by atoms with Crippen molar-refractivity contribution in [2.45, 2.75) is 0 Å². The summed E-state index contributed by atoms with van der Waals surface area (Å²) in [7, 11) is 0. The van der Waals surface area contributed by atoms with Crippen molar-refractivity contribution in [1.82, 2.24) is 9.55 Å². The van der Waals surface area contributed by atoms with Crippen LogP contribution in [0.4, 0.5) is 0 Å². The molecular formula is C24H15N3. The molecule has 0 unspecified atom stereocenters. The first-order chi connectivity index (χ1) is 13.4. The molecule has 0 aliphatic heterocycles. The molecule has 0 aliphatic rings. The molecule has 27 heavy (non-hydrogen) atoms. The fraction of sp³-hybridized carbons (Fsp3) is 0. The van der Waals surface area contributed by atoms with Gasteiger partial charge in [0.15, 0.2) is 0 Å². The summed E-state index contributed by atoms with van der Waals surface area (Å²) < 4.78 is 2.28. The Hall–Kier alpha value is -3.90. The van der Waals surface area contributed by atoms with Gasteiger partial charge in [-0.3, -0.25) is 4.98 Å². The van der Waals surface area contributed by atoms with Gasteiger partial charge in [-0.05, 0) is 30.3 Å². The number of hydrogen-bond donors (Lipinski definition) is 0. The second kappa shape index (κ2) is 6.12. The summed E-state index contributed by atoms with van der Waals surface area (Å²) >= 11 is 0. The van der Waals surface area contributed by atoms with E-state index in [1.807, 2.05) is 18.2 Å². The molecular weight excluding hydrogens is 330 g/mol. The third-order valence-corrected chi connectivity index (χ3v) is 4.89. The van der Waals surface area contributed by atoms with Crippen molar-refractivity contribution in [2.24, 2.45) is 0 Å². The Morgan fingerprint density at radius 2 is 1.37 bits per heavy atom. The van der Waals surface area contributed by atoms with E-state index in [2.05, 4.69) is 76.3 Å². The topological polar surface area (TPSA) is 41.6 Å². The lowest BCUT2D eigenvalue weighted by molar-refractivity contribution is 1.17. The number of aromatic nitrogens is 2. The molecule has 0 atom stereocenters. The first kappa shape index (κ1) is 15.4. The fourth-order valence-electron chi connectivity index (χ4n) is 3.71. The van der Waals surface area contributed by atoms with Crippen LogP contribution in [0.25, 0.3) is 38.8 Å². The van der Waals surface area contributed by atoms with Gasteiger partial charge in [-0.1, -0.05) is 54.6 Å². The zero-order chi connectivity index (χ0) is 18.2. The van der Waals surface area contributed by atoms with Crippen molar-refractivity contribution in [2.75, 3.05) is 0 Å². The Morgan fingerprint density at radius 1 is 0.741 bits per heavy atom. The van der Waals surface area contributed by atoms with Gasteiger partial charge < -0.3 is 4.57 Å². The van der Waals surface area contributed by atoms with Crippen LogP contribution in [0.1, 0.15) is 5.56 Å². The first-order valence-corrected chi connectivity index (χ1v) is 8.81. The molecule has 5 aromatic rings. The minimum Gasteiger partial charge on any atom is -0.309 e. The van der Waals surface area contributed by atoms with Crippen molar-refractivity contribution in [3.05, 3.63) is 96.7 Å². The molecule has 0 bridgehead atoms. The molecule has 2 heterocycles. The van der Waals surface area contributed by atoms with E-state index >= 15 is 0 Å². The number of para-hydroxylation sites is 3. The average Bonchev–Trinajstić information content (AvgIpc) is 3.08. The van der Waals surface area contributed by atoms with Crippen LogP contribution < -0.4 is 0 Å². The highest BCUT2D eigenvalue weighted by Gasteiger charge is 2.15. The Balaban J connectivity index is 1.88. The molecule has 3 aromatic carbocycles. The van der Waals surface area contributed by atoms with Gasteiger partial charge in [0.25, 0.3) is 0 Å². The van der Waals surface area contributed by atoms with Crippen molar-refractivity contribution in [3.8, 4) is 23.0 Å². The number of fused-ring (bicyclic) bond motifs is 3. The second-order valence-electron chi connectivity index (χ2n) is 6.43. The lowest BCUT2D eigenvalue weighted by Crippen LogP contribution is -1.98. The Bertz CT molecular complexity index is 1290. The van der Waals surface area contributed by atoms with Gasteiger partial charge in [-0.15, -0.1) is 0 Å². The molecule has 0 radical (unpaired) electrons. The van der Waals surface area contributed by atoms with Crippen LogP contribution in [-0.2, 0) is 0 Å². The van der Waals surface area contributed by atoms with E-state index in [9.17, 15) is 5.26 Å². The van der Waals surface area contributed by atoms with Crippen LogP contribution in [0.3, 0.4) is 0 Å². The summed E-state index contributed by atoms with van der Waals surface area (Å²) in [5.41, 5.74) is 5.77. The van der Waals surface area contributed by atoms with E-state index in [1.54, 1.807) is 12.3 Å². The average molecular weight is 345 g/mol. The Morgan fingerprint density at radius 3 is 2.07 bits per heavy atom. The summed E-state index contributed by atoms with van der Waals surface area (Å²) in [6.07, 6.45) is 1.69. The van der Waals surface area contributed by atoms with Crippen LogP contribution in [0.15, 0.2) is 91.1 Å². The maximum Gasteiger partial charge on any atom is 0.0992 e. The molecule has 0 aliphatic carbocycles. The van der Waals surface area contributed by atoms with E-state index in [1.165, 1.54) is 10.8 Å². The maximum atomic E-state index is 9.26. The number of pyridine rings is 1. The molecule has 0 amide bonds. The van der Waals surface area contributed by atoms with Crippen molar-refractivity contribution in [1.29, 1.82) is 5.26 Å². The minimum absolute atomic E-state index is 0.608. The third kappa shape index (κ3) is 2.39. The lowest BCUT2D eigenvalue weighted by Gasteiger charge is -2.13. The minimum atomic E-state index is 0.608. The van der Waals surface area contributed by atoms with Crippen LogP contribution in [0.2, 0.25) is 0 Å². The highest BCUT2D eigenvalue weighted by atomic mass is 15.0. The molecule has 3 heteroatoms. The van der Waals surface area contributed by atoms with Crippen molar-refractivity contribution < 1.29 is 0 Å². The summed E-state index contributed by atoms with van der Waals surface area (Å²) in [4.78, 5) is 4.52. The quantitative estimate of drug-likeness (QED) is 0.411. The normalized spacial score (nSPS) is 10.9. The SMILES string of the molecule is N#Cc1ccnc(-c2ccccc2-n2c3ccccc3c3ccccc32)c1. The largest absolute Gasteiger partial charge is 0.309 e. The molecule has 0 saturated carbocycles. The number of rotatable bonds is 2. The Kier molecular flexibility index (Phi) is 3.48. The van der Waals surface area contributed by atoms with Crippen LogP contribution in [-0.4, -0.2) is 9.55 Å². The highest BCUT2D eigenvalue weighted by Crippen LogP contribution is 2.35. The zero-order valence-corrected chi connectivity index (χ0v) is 14.5. The maximum absolute atomic E-state index is 9.26. The summed E-state index contributed by atoms with van der Waals surface area (Å²) in [6, 6.07) is 30.9. The highest BCUT2D eigenvalue weighted by molar-refractivity contribution is 6.09. The van der Waals surface area contributed by atoms with Crippen molar-refractivity contribution >= 4 is 21.8 Å². The number of benzene rings is 3. The van der Waals surface area contributed by atoms with Gasteiger partial charge in [-0.25, -0.2) is 0 Å². The monoisotopic (exact) mass is 345 g/mol. The van der Waals surface area contributed by atoms with Gasteiger partial charge in [-0.2, -0.15) is 5.26 Å². The van der Waals surface area contributed by atoms with Crippen molar-refractivity contribution in [3.63, 3.8) is 0 Å². The van der Waals surface area contributed by atoms with E-state index in [0.29, 0.717) is 5.56 Å². The molecule has 3 nitrogen and oxygen atoms in total. The van der Waals surface area contributed by atoms with E-state index < -0.39 is 0 Å². The van der Waals surface area contributed by atoms with E-state index in [4.69, 9.17) is 0 Å². The third-order valence-electron chi connectivity index (χ3n) is 4.89. The zero-order valence-electron chi connectivity index (χ0n) is 14.5. The van der Waals surface area contributed by atoms with Crippen LogP contribution in [0, 0.1) is 11.3 Å². The molecule has 0 N–H and O–H groups in total. The smallest absolute Gasteiger partial charge is 0.0992 e. The fourth-order valence-corrected chi connectivity index (χ4v) is 3.71. The van der Waals surface area contributed by atoms with E-state index in [0.717, 1.165) is 28.0 Å². The van der Waals surface area contributed by atoms with Crippen LogP contribution in [0.5, 0.6) is 0 Å². The molecule has 0 spiro atoms. The number of nitrogens with zero attached hydrogens (tertiary/aromatic N) is 3. The van der Waals surface area contributed by atoms with Gasteiger partial charge in [0.2, 0.25) is 0 Å². The molecule has 0 fully saturated rings. The van der Waals surface area contributed by atoms with Gasteiger partial charge in [0, 0.05) is 22.5 Å². The van der Waals surface area contributed by atoms with Crippen LogP contribution >= 0.6 is 0 Å². The standard InChI is InChI=1S/C24H15N3/c25-16-17-13-14-26-21(15-17)20-9-3-6-12-24(20)27-22-10-4-1-7-18(22)19-8-2-5-11-23(19)27/h1-15H. The summed E-state index contributed by atoms with van der Waals surface area (Å²) in [5.74, 6) is 0. The summed E-state index contributed by atoms with van der Waals surface area (Å²) in [5, 5.41) is 11.7. The Labute approximate surface area is 156 Å². The predicted octanol–water partition coefficient (Wildman–Crippen LogP) is 5.72. The molecule has 5 rings (SSSR count). The van der Waals surface area contributed by atoms with Gasteiger partial charge >= 0.3 is 0 Å².